The Bertz CT molecular complexity index is 637. The Hall–Kier alpha value is -1.31. The molecule has 0 bridgehead atoms. The Morgan fingerprint density at radius 3 is 2.88 bits per heavy atom. The minimum absolute atomic E-state index is 0.00368. The minimum Gasteiger partial charge on any atom is -0.384 e. The van der Waals surface area contributed by atoms with E-state index in [0.717, 1.165) is 24.6 Å². The van der Waals surface area contributed by atoms with E-state index in [9.17, 15) is 18.0 Å². The van der Waals surface area contributed by atoms with Gasteiger partial charge in [-0.25, -0.2) is 0 Å². The molecule has 0 unspecified atom stereocenters. The van der Waals surface area contributed by atoms with E-state index in [4.69, 9.17) is 21.1 Å². The van der Waals surface area contributed by atoms with Crippen LogP contribution in [0.3, 0.4) is 0 Å². The largest absolute Gasteiger partial charge is 0.416 e. The molecule has 1 saturated heterocycles. The molecule has 0 spiro atoms. The van der Waals surface area contributed by atoms with Gasteiger partial charge in [-0.05, 0) is 24.6 Å². The molecule has 3 rings (SSSR count). The van der Waals surface area contributed by atoms with Crippen molar-refractivity contribution in [3.63, 3.8) is 0 Å². The molecule has 1 heterocycles. The number of carbonyl (C=O) groups is 1. The maximum Gasteiger partial charge on any atom is 0.416 e. The third-order valence-corrected chi connectivity index (χ3v) is 5.05. The second-order valence-corrected chi connectivity index (χ2v) is 6.51. The Morgan fingerprint density at radius 1 is 1.46 bits per heavy atom. The number of hydrogen-bond acceptors (Lipinski definition) is 3. The summed E-state index contributed by atoms with van der Waals surface area (Å²) < 4.78 is 49.3. The SMILES string of the molecule is COC[C@@H]1[C@@H](NC(=O)c2cc(C(F)(F)F)ccc2Cl)[C@@H]2CCO[C@H]12. The fraction of sp³-hybridized carbons (Fsp3) is 0.562. The average Bonchev–Trinajstić information content (AvgIpc) is 2.94. The van der Waals surface area contributed by atoms with Crippen LogP contribution in [-0.2, 0) is 15.7 Å². The number of amides is 1. The summed E-state index contributed by atoms with van der Waals surface area (Å²) in [4.78, 5) is 12.4. The predicted molar refractivity (Wildman–Crippen MR) is 80.9 cm³/mol. The Balaban J connectivity index is 1.77. The van der Waals surface area contributed by atoms with Gasteiger partial charge in [0.1, 0.15) is 0 Å². The van der Waals surface area contributed by atoms with Crippen LogP contribution in [0.4, 0.5) is 13.2 Å². The number of halogens is 4. The third-order valence-electron chi connectivity index (χ3n) is 4.72. The summed E-state index contributed by atoms with van der Waals surface area (Å²) >= 11 is 5.92. The number of ether oxygens (including phenoxy) is 2. The van der Waals surface area contributed by atoms with Crippen molar-refractivity contribution < 1.29 is 27.4 Å². The monoisotopic (exact) mass is 363 g/mol. The van der Waals surface area contributed by atoms with Crippen LogP contribution in [0.15, 0.2) is 18.2 Å². The molecule has 2 fully saturated rings. The molecule has 0 radical (unpaired) electrons. The molecule has 1 aromatic carbocycles. The van der Waals surface area contributed by atoms with E-state index >= 15 is 0 Å². The predicted octanol–water partition coefficient (Wildman–Crippen LogP) is 3.14. The van der Waals surface area contributed by atoms with Crippen LogP contribution in [0.2, 0.25) is 5.02 Å². The zero-order valence-electron chi connectivity index (χ0n) is 12.9. The lowest BCUT2D eigenvalue weighted by Gasteiger charge is -2.47. The molecule has 2 aliphatic rings. The van der Waals surface area contributed by atoms with Crippen LogP contribution >= 0.6 is 11.6 Å². The summed E-state index contributed by atoms with van der Waals surface area (Å²) in [7, 11) is 1.56. The molecule has 8 heteroatoms. The van der Waals surface area contributed by atoms with Crippen molar-refractivity contribution >= 4 is 17.5 Å². The minimum atomic E-state index is -4.53. The number of fused-ring (bicyclic) bond motifs is 1. The van der Waals surface area contributed by atoms with Gasteiger partial charge in [0.2, 0.25) is 0 Å². The summed E-state index contributed by atoms with van der Waals surface area (Å²) in [6, 6.07) is 2.55. The van der Waals surface area contributed by atoms with Gasteiger partial charge < -0.3 is 14.8 Å². The highest BCUT2D eigenvalue weighted by Crippen LogP contribution is 2.44. The normalized spacial score (nSPS) is 29.0. The Morgan fingerprint density at radius 2 is 2.21 bits per heavy atom. The van der Waals surface area contributed by atoms with E-state index in [1.54, 1.807) is 7.11 Å². The zero-order valence-corrected chi connectivity index (χ0v) is 13.7. The van der Waals surface area contributed by atoms with Gasteiger partial charge in [-0.3, -0.25) is 4.79 Å². The van der Waals surface area contributed by atoms with E-state index in [0.29, 0.717) is 13.2 Å². The van der Waals surface area contributed by atoms with Gasteiger partial charge in [-0.1, -0.05) is 11.6 Å². The Labute approximate surface area is 142 Å². The van der Waals surface area contributed by atoms with E-state index in [1.807, 2.05) is 0 Å². The van der Waals surface area contributed by atoms with Crippen molar-refractivity contribution in [3.05, 3.63) is 34.3 Å². The van der Waals surface area contributed by atoms with Crippen LogP contribution in [0.1, 0.15) is 22.3 Å². The van der Waals surface area contributed by atoms with Gasteiger partial charge >= 0.3 is 6.18 Å². The van der Waals surface area contributed by atoms with Crippen molar-refractivity contribution in [2.75, 3.05) is 20.3 Å². The molecule has 1 aliphatic heterocycles. The lowest BCUT2D eigenvalue weighted by molar-refractivity contribution is -0.137. The number of carbonyl (C=O) groups excluding carboxylic acids is 1. The van der Waals surface area contributed by atoms with E-state index in [1.165, 1.54) is 0 Å². The molecule has 0 aromatic heterocycles. The fourth-order valence-corrected chi connectivity index (χ4v) is 3.74. The molecule has 1 amide bonds. The number of rotatable bonds is 4. The first-order valence-electron chi connectivity index (χ1n) is 7.61. The molecule has 1 saturated carbocycles. The molecule has 1 aliphatic carbocycles. The molecule has 4 nitrogen and oxygen atoms in total. The number of methoxy groups -OCH3 is 1. The molecule has 24 heavy (non-hydrogen) atoms. The van der Waals surface area contributed by atoms with Crippen LogP contribution in [0.25, 0.3) is 0 Å². The average molecular weight is 364 g/mol. The van der Waals surface area contributed by atoms with Crippen LogP contribution in [0.5, 0.6) is 0 Å². The molecule has 1 N–H and O–H groups in total. The summed E-state index contributed by atoms with van der Waals surface area (Å²) in [6.45, 7) is 1.04. The van der Waals surface area contributed by atoms with Crippen molar-refractivity contribution in [2.45, 2.75) is 24.7 Å². The standard InChI is InChI=1S/C16H17ClF3NO3/c1-23-7-11-13(9-4-5-24-14(9)11)21-15(22)10-6-8(16(18,19)20)2-3-12(10)17/h2-3,6,9,11,13-14H,4-5,7H2,1H3,(H,21,22)/t9-,11+,13-,14-/m0/s1. The summed E-state index contributed by atoms with van der Waals surface area (Å²) in [5.41, 5.74) is -1.08. The van der Waals surface area contributed by atoms with Crippen molar-refractivity contribution in [2.24, 2.45) is 11.8 Å². The van der Waals surface area contributed by atoms with Crippen molar-refractivity contribution in [1.29, 1.82) is 0 Å². The van der Waals surface area contributed by atoms with E-state index < -0.39 is 17.6 Å². The molecular formula is C16H17ClF3NO3. The highest BCUT2D eigenvalue weighted by atomic mass is 35.5. The second kappa shape index (κ2) is 6.54. The third kappa shape index (κ3) is 3.12. The van der Waals surface area contributed by atoms with Crippen LogP contribution in [0, 0.1) is 11.8 Å². The lowest BCUT2D eigenvalue weighted by atomic mass is 9.67. The number of alkyl halides is 3. The van der Waals surface area contributed by atoms with Gasteiger partial charge in [-0.2, -0.15) is 13.2 Å². The maximum atomic E-state index is 12.8. The van der Waals surface area contributed by atoms with Gasteiger partial charge in [0, 0.05) is 31.6 Å². The van der Waals surface area contributed by atoms with Gasteiger partial charge in [0.05, 0.1) is 28.9 Å². The summed E-state index contributed by atoms with van der Waals surface area (Å²) in [6.07, 6.45) is -3.68. The van der Waals surface area contributed by atoms with E-state index in [-0.39, 0.29) is 34.6 Å². The lowest BCUT2D eigenvalue weighted by Crippen LogP contribution is -2.62. The Kier molecular flexibility index (Phi) is 4.77. The van der Waals surface area contributed by atoms with Crippen LogP contribution < -0.4 is 5.32 Å². The van der Waals surface area contributed by atoms with Crippen molar-refractivity contribution in [1.82, 2.24) is 5.32 Å². The van der Waals surface area contributed by atoms with Gasteiger partial charge in [0.15, 0.2) is 0 Å². The first-order chi connectivity index (χ1) is 11.3. The molecule has 1 aromatic rings. The van der Waals surface area contributed by atoms with Crippen molar-refractivity contribution in [3.8, 4) is 0 Å². The molecule has 4 atom stereocenters. The first-order valence-corrected chi connectivity index (χ1v) is 7.99. The maximum absolute atomic E-state index is 12.8. The van der Waals surface area contributed by atoms with Crippen LogP contribution in [-0.4, -0.2) is 38.4 Å². The smallest absolute Gasteiger partial charge is 0.384 e. The summed E-state index contributed by atoms with van der Waals surface area (Å²) in [5.74, 6) is -0.447. The first kappa shape index (κ1) is 17.5. The highest BCUT2D eigenvalue weighted by molar-refractivity contribution is 6.33. The fourth-order valence-electron chi connectivity index (χ4n) is 3.54. The molecule has 132 valence electrons. The number of nitrogens with one attached hydrogen (secondary N) is 1. The topological polar surface area (TPSA) is 47.6 Å². The zero-order chi connectivity index (χ0) is 17.5. The quantitative estimate of drug-likeness (QED) is 0.894. The van der Waals surface area contributed by atoms with Gasteiger partial charge in [-0.15, -0.1) is 0 Å². The second-order valence-electron chi connectivity index (χ2n) is 6.10. The highest BCUT2D eigenvalue weighted by Gasteiger charge is 2.54. The molecular weight excluding hydrogens is 347 g/mol. The van der Waals surface area contributed by atoms with Gasteiger partial charge in [0.25, 0.3) is 5.91 Å². The number of hydrogen-bond donors (Lipinski definition) is 1. The van der Waals surface area contributed by atoms with E-state index in [2.05, 4.69) is 5.32 Å². The number of benzene rings is 1. The summed E-state index contributed by atoms with van der Waals surface area (Å²) in [5, 5.41) is 2.80.